The summed E-state index contributed by atoms with van der Waals surface area (Å²) in [4.78, 5) is 54.8. The van der Waals surface area contributed by atoms with Crippen LogP contribution in [-0.2, 0) is 23.9 Å². The fourth-order valence-electron chi connectivity index (χ4n) is 8.28. The summed E-state index contributed by atoms with van der Waals surface area (Å²) >= 11 is 0. The molecule has 0 radical (unpaired) electrons. The van der Waals surface area contributed by atoms with Crippen molar-refractivity contribution >= 4 is 35.0 Å². The molecule has 4 fully saturated rings. The fourth-order valence-corrected chi connectivity index (χ4v) is 8.28. The Kier molecular flexibility index (Phi) is 6.08. The zero-order valence-corrected chi connectivity index (χ0v) is 23.7. The van der Waals surface area contributed by atoms with Crippen LogP contribution in [0.3, 0.4) is 0 Å². The van der Waals surface area contributed by atoms with Crippen molar-refractivity contribution in [1.82, 2.24) is 0 Å². The third-order valence-corrected chi connectivity index (χ3v) is 10.1. The summed E-state index contributed by atoms with van der Waals surface area (Å²) in [5, 5.41) is 0. The van der Waals surface area contributed by atoms with Gasteiger partial charge in [0, 0.05) is 0 Å². The second-order valence-corrected chi connectivity index (χ2v) is 12.4. The van der Waals surface area contributed by atoms with Gasteiger partial charge in [-0.25, -0.2) is 0 Å². The molecule has 9 atom stereocenters. The lowest BCUT2D eigenvalue weighted by atomic mass is 9.85. The summed E-state index contributed by atoms with van der Waals surface area (Å²) < 4.78 is 17.4. The maximum atomic E-state index is 13.0. The van der Waals surface area contributed by atoms with Gasteiger partial charge in [-0.3, -0.25) is 29.0 Å². The normalized spacial score (nSPS) is 33.6. The summed E-state index contributed by atoms with van der Waals surface area (Å²) in [5.41, 5.74) is 1.14. The first kappa shape index (κ1) is 26.4. The Labute approximate surface area is 249 Å². The molecule has 0 N–H and O–H groups in total. The molecule has 0 spiro atoms. The predicted molar refractivity (Wildman–Crippen MR) is 155 cm³/mol. The first-order chi connectivity index (χ1) is 20.9. The first-order valence-electron chi connectivity index (χ1n) is 15.1. The Bertz CT molecular complexity index is 1500. The number of nitrogens with zero attached hydrogens (tertiary/aromatic N) is 2. The van der Waals surface area contributed by atoms with E-state index in [9.17, 15) is 19.2 Å². The number of amides is 4. The van der Waals surface area contributed by atoms with Gasteiger partial charge in [0.2, 0.25) is 23.6 Å². The van der Waals surface area contributed by atoms with Crippen LogP contribution in [0, 0.1) is 47.3 Å². The number of fused-ring (bicyclic) bond motifs is 10. The van der Waals surface area contributed by atoms with E-state index in [1.165, 1.54) is 9.80 Å². The first-order valence-corrected chi connectivity index (χ1v) is 15.1. The highest BCUT2D eigenvalue weighted by molar-refractivity contribution is 6.23. The number of imide groups is 2. The lowest BCUT2D eigenvalue weighted by molar-refractivity contribution is -0.124. The molecule has 6 aliphatic rings. The molecule has 4 amide bonds. The maximum Gasteiger partial charge on any atom is 0.238 e. The van der Waals surface area contributed by atoms with E-state index in [-0.39, 0.29) is 84.2 Å². The number of ether oxygens (including phenoxy) is 3. The van der Waals surface area contributed by atoms with Gasteiger partial charge < -0.3 is 14.2 Å². The van der Waals surface area contributed by atoms with Crippen molar-refractivity contribution in [1.29, 1.82) is 0 Å². The minimum absolute atomic E-state index is 0.0952. The largest absolute Gasteiger partial charge is 0.491 e. The van der Waals surface area contributed by atoms with E-state index in [0.717, 1.165) is 12.8 Å². The average molecular weight is 581 g/mol. The van der Waals surface area contributed by atoms with Gasteiger partial charge in [-0.2, -0.15) is 0 Å². The highest BCUT2D eigenvalue weighted by Gasteiger charge is 2.60. The summed E-state index contributed by atoms with van der Waals surface area (Å²) in [6.45, 7) is 2.34. The molecule has 1 unspecified atom stereocenters. The van der Waals surface area contributed by atoms with E-state index in [4.69, 9.17) is 14.2 Å². The number of hydrogen-bond acceptors (Lipinski definition) is 7. The van der Waals surface area contributed by atoms with Crippen LogP contribution in [-0.4, -0.2) is 43.1 Å². The SMILES string of the molecule is CC(OCCOc1ccc(N2C(=O)[C@@H]3[C@H](C2=O)[C@H]2C=C[C@@H]3C2)cc1)Oc1ccc(N2C(=O)[C@@H]3[C@H](C2=O)[C@H]2C=C[C@@H]3C2)cc1. The molecule has 9 nitrogen and oxygen atoms in total. The predicted octanol–water partition coefficient (Wildman–Crippen LogP) is 4.13. The van der Waals surface area contributed by atoms with Crippen molar-refractivity contribution in [2.75, 3.05) is 23.0 Å². The van der Waals surface area contributed by atoms with E-state index in [1.54, 1.807) is 55.5 Å². The van der Waals surface area contributed by atoms with E-state index in [0.29, 0.717) is 22.9 Å². The van der Waals surface area contributed by atoms with Crippen molar-refractivity contribution < 1.29 is 33.4 Å². The number of carbonyl (C=O) groups is 4. The van der Waals surface area contributed by atoms with Gasteiger partial charge in [0.15, 0.2) is 6.29 Å². The average Bonchev–Trinajstić information content (AvgIpc) is 3.85. The summed E-state index contributed by atoms with van der Waals surface area (Å²) in [5.74, 6) is 0.622. The van der Waals surface area contributed by atoms with Gasteiger partial charge >= 0.3 is 0 Å². The second-order valence-electron chi connectivity index (χ2n) is 12.4. The molecule has 220 valence electrons. The Hall–Kier alpha value is -4.24. The van der Waals surface area contributed by atoms with Crippen LogP contribution in [0.5, 0.6) is 11.5 Å². The molecular weight excluding hydrogens is 548 g/mol. The molecular formula is C34H32N2O7. The van der Waals surface area contributed by atoms with Crippen molar-refractivity contribution in [2.24, 2.45) is 47.3 Å². The van der Waals surface area contributed by atoms with E-state index < -0.39 is 6.29 Å². The summed E-state index contributed by atoms with van der Waals surface area (Å²) in [6.07, 6.45) is 9.63. The van der Waals surface area contributed by atoms with Crippen LogP contribution >= 0.6 is 0 Å². The lowest BCUT2D eigenvalue weighted by Gasteiger charge is -2.19. The van der Waals surface area contributed by atoms with Crippen LogP contribution in [0.25, 0.3) is 0 Å². The smallest absolute Gasteiger partial charge is 0.238 e. The van der Waals surface area contributed by atoms with Gasteiger partial charge in [0.05, 0.1) is 41.7 Å². The van der Waals surface area contributed by atoms with Crippen molar-refractivity contribution in [3.63, 3.8) is 0 Å². The quantitative estimate of drug-likeness (QED) is 0.190. The Balaban J connectivity index is 0.804. The number of anilines is 2. The molecule has 8 rings (SSSR count). The molecule has 4 bridgehead atoms. The lowest BCUT2D eigenvalue weighted by Crippen LogP contribution is -2.32. The summed E-state index contributed by atoms with van der Waals surface area (Å²) in [6, 6.07) is 13.9. The number of rotatable bonds is 9. The molecule has 2 saturated heterocycles. The second kappa shape index (κ2) is 9.91. The zero-order valence-electron chi connectivity index (χ0n) is 23.7. The molecule has 0 aromatic heterocycles. The number of hydrogen-bond donors (Lipinski definition) is 0. The molecule has 4 aliphatic carbocycles. The molecule has 2 aliphatic heterocycles. The number of carbonyl (C=O) groups excluding carboxylic acids is 4. The Morgan fingerprint density at radius 2 is 1.00 bits per heavy atom. The van der Waals surface area contributed by atoms with E-state index >= 15 is 0 Å². The summed E-state index contributed by atoms with van der Waals surface area (Å²) in [7, 11) is 0. The number of benzene rings is 2. The van der Waals surface area contributed by atoms with Gasteiger partial charge in [-0.05, 0) is 92.0 Å². The van der Waals surface area contributed by atoms with Gasteiger partial charge in [-0.1, -0.05) is 24.3 Å². The highest BCUT2D eigenvalue weighted by atomic mass is 16.7. The van der Waals surface area contributed by atoms with Gasteiger partial charge in [0.1, 0.15) is 18.1 Å². The van der Waals surface area contributed by atoms with Crippen LogP contribution in [0.15, 0.2) is 72.8 Å². The van der Waals surface area contributed by atoms with Crippen molar-refractivity contribution in [3.8, 4) is 11.5 Å². The fraction of sp³-hybridized carbons (Fsp3) is 0.412. The van der Waals surface area contributed by atoms with Crippen LogP contribution in [0.1, 0.15) is 19.8 Å². The molecule has 9 heteroatoms. The van der Waals surface area contributed by atoms with Crippen LogP contribution in [0.4, 0.5) is 11.4 Å². The Morgan fingerprint density at radius 3 is 1.42 bits per heavy atom. The minimum atomic E-state index is -0.552. The molecule has 2 aromatic rings. The highest BCUT2D eigenvalue weighted by Crippen LogP contribution is 2.54. The van der Waals surface area contributed by atoms with Gasteiger partial charge in [0.25, 0.3) is 0 Å². The van der Waals surface area contributed by atoms with Crippen LogP contribution in [0.2, 0.25) is 0 Å². The van der Waals surface area contributed by atoms with Crippen molar-refractivity contribution in [3.05, 3.63) is 72.8 Å². The standard InChI is InChI=1S/C34H32N2O7/c1-18(43-26-12-8-24(9-13-26)36-33(39)29-21-4-5-22(17-21)30(29)34(36)40)41-14-15-42-25-10-6-23(7-11-25)35-31(37)27-19-2-3-20(16-19)28(27)32(35)38/h2-13,18-22,27-30H,14-17H2,1H3/t18?,19-,20+,21-,22+,27+,28-,29+,30-. The molecule has 2 saturated carbocycles. The maximum absolute atomic E-state index is 13.0. The van der Waals surface area contributed by atoms with Crippen LogP contribution < -0.4 is 19.3 Å². The Morgan fingerprint density at radius 1 is 0.605 bits per heavy atom. The number of allylic oxidation sites excluding steroid dienone is 4. The van der Waals surface area contributed by atoms with E-state index in [2.05, 4.69) is 24.3 Å². The van der Waals surface area contributed by atoms with Gasteiger partial charge in [-0.15, -0.1) is 0 Å². The van der Waals surface area contributed by atoms with E-state index in [1.807, 2.05) is 0 Å². The topological polar surface area (TPSA) is 102 Å². The van der Waals surface area contributed by atoms with Crippen molar-refractivity contribution in [2.45, 2.75) is 26.1 Å². The third-order valence-electron chi connectivity index (χ3n) is 10.1. The third kappa shape index (κ3) is 4.08. The zero-order chi connectivity index (χ0) is 29.4. The monoisotopic (exact) mass is 580 g/mol. The molecule has 2 heterocycles. The minimum Gasteiger partial charge on any atom is -0.491 e. The molecule has 2 aromatic carbocycles. The molecule has 43 heavy (non-hydrogen) atoms.